The summed E-state index contributed by atoms with van der Waals surface area (Å²) in [5.41, 5.74) is 23.3. The van der Waals surface area contributed by atoms with Gasteiger partial charge in [0.05, 0.1) is 0 Å². The summed E-state index contributed by atoms with van der Waals surface area (Å²) in [6.45, 7) is 25.6. The minimum absolute atomic E-state index is 0.0309. The SMILES string of the molecule is CC(C)(C)c1ccc(N2B3c4cc(C(C)(C)C)ccc4N(c4ccc(C(C)(C)C)cc4)c4cc(-c5ccccc5)cc(c43)-c3cc4c(cc32)C(C)(C)c2ccccc2-4)cc1. The second kappa shape index (κ2) is 13.1. The maximum absolute atomic E-state index is 2.69. The average molecular weight is 781 g/mol. The molecule has 0 saturated heterocycles. The normalized spacial score (nSPS) is 14.9. The lowest BCUT2D eigenvalue weighted by Crippen LogP contribution is -2.61. The van der Waals surface area contributed by atoms with E-state index in [1.807, 2.05) is 0 Å². The molecular formula is C57H57BN2. The molecule has 10 rings (SSSR count). The van der Waals surface area contributed by atoms with Crippen molar-refractivity contribution < 1.29 is 0 Å². The monoisotopic (exact) mass is 780 g/mol. The molecule has 3 aliphatic rings. The maximum atomic E-state index is 2.69. The molecule has 0 amide bonds. The maximum Gasteiger partial charge on any atom is 0.333 e. The van der Waals surface area contributed by atoms with E-state index < -0.39 is 0 Å². The first-order valence-electron chi connectivity index (χ1n) is 21.9. The van der Waals surface area contributed by atoms with Crippen LogP contribution in [-0.4, -0.2) is 6.85 Å². The highest BCUT2D eigenvalue weighted by molar-refractivity contribution is 6.93. The smallest absolute Gasteiger partial charge is 0.333 e. The molecule has 0 saturated carbocycles. The van der Waals surface area contributed by atoms with Crippen LogP contribution in [-0.2, 0) is 21.7 Å². The van der Waals surface area contributed by atoms with Crippen LogP contribution in [0.3, 0.4) is 0 Å². The van der Waals surface area contributed by atoms with Gasteiger partial charge in [0.1, 0.15) is 0 Å². The molecule has 0 bridgehead atoms. The van der Waals surface area contributed by atoms with Crippen LogP contribution in [0.1, 0.15) is 104 Å². The van der Waals surface area contributed by atoms with Gasteiger partial charge in [0.25, 0.3) is 0 Å². The molecule has 2 heterocycles. The zero-order chi connectivity index (χ0) is 42.1. The van der Waals surface area contributed by atoms with E-state index in [0.717, 1.165) is 0 Å². The molecule has 0 spiro atoms. The molecule has 1 aliphatic carbocycles. The standard InChI is InChI=1S/C57H57BN2/c1-54(2,3)38-21-26-41(27-22-38)59-50-30-25-40(56(7,8)9)33-49(50)58-53-46(31-37(32-52(53)59)36-17-13-12-14-18-36)45-34-44-43-19-15-16-20-47(43)57(10,11)48(44)35-51(45)60(58)42-28-23-39(24-29-42)55(4,5)6/h12-35H,1-11H3. The van der Waals surface area contributed by atoms with Crippen molar-refractivity contribution in [3.8, 4) is 33.4 Å². The lowest BCUT2D eigenvalue weighted by atomic mass is 9.43. The van der Waals surface area contributed by atoms with Crippen LogP contribution in [0.15, 0.2) is 146 Å². The van der Waals surface area contributed by atoms with Crippen molar-refractivity contribution in [1.82, 2.24) is 0 Å². The highest BCUT2D eigenvalue weighted by atomic mass is 15.2. The molecule has 0 radical (unpaired) electrons. The van der Waals surface area contributed by atoms with Gasteiger partial charge in [-0.2, -0.15) is 0 Å². The van der Waals surface area contributed by atoms with Crippen molar-refractivity contribution in [2.45, 2.75) is 97.8 Å². The fourth-order valence-electron chi connectivity index (χ4n) is 10.2. The second-order valence-corrected chi connectivity index (χ2v) is 21.1. The number of anilines is 5. The highest BCUT2D eigenvalue weighted by Gasteiger charge is 2.47. The minimum atomic E-state index is -0.139. The van der Waals surface area contributed by atoms with E-state index in [0.29, 0.717) is 0 Å². The van der Waals surface area contributed by atoms with Gasteiger partial charge in [-0.25, -0.2) is 0 Å². The van der Waals surface area contributed by atoms with Crippen molar-refractivity contribution in [2.75, 3.05) is 9.71 Å². The molecule has 0 aromatic heterocycles. The van der Waals surface area contributed by atoms with Crippen LogP contribution in [0, 0.1) is 0 Å². The second-order valence-electron chi connectivity index (χ2n) is 21.1. The largest absolute Gasteiger partial charge is 0.376 e. The van der Waals surface area contributed by atoms with Gasteiger partial charge in [0.15, 0.2) is 0 Å². The molecular weight excluding hydrogens is 723 g/mol. The Morgan fingerprint density at radius 3 is 1.63 bits per heavy atom. The van der Waals surface area contributed by atoms with Crippen LogP contribution in [0.2, 0.25) is 0 Å². The molecule has 0 atom stereocenters. The van der Waals surface area contributed by atoms with Crippen LogP contribution < -0.4 is 20.6 Å². The van der Waals surface area contributed by atoms with Crippen molar-refractivity contribution in [3.63, 3.8) is 0 Å². The Labute approximate surface area is 359 Å². The molecule has 7 aromatic rings. The summed E-state index contributed by atoms with van der Waals surface area (Å²) >= 11 is 0. The number of benzene rings is 7. The number of hydrogen-bond donors (Lipinski definition) is 0. The van der Waals surface area contributed by atoms with E-state index in [1.165, 1.54) is 101 Å². The third-order valence-electron chi connectivity index (χ3n) is 13.7. The molecule has 298 valence electrons. The molecule has 0 N–H and O–H groups in total. The number of fused-ring (bicyclic) bond motifs is 7. The van der Waals surface area contributed by atoms with E-state index in [2.05, 4.69) is 231 Å². The number of nitrogens with zero attached hydrogens (tertiary/aromatic N) is 2. The van der Waals surface area contributed by atoms with Gasteiger partial charge < -0.3 is 9.71 Å². The molecule has 2 aliphatic heterocycles. The van der Waals surface area contributed by atoms with Crippen molar-refractivity contribution in [3.05, 3.63) is 173 Å². The van der Waals surface area contributed by atoms with Gasteiger partial charge in [-0.05, 0) is 137 Å². The Hall–Kier alpha value is -5.80. The molecule has 7 aromatic carbocycles. The average Bonchev–Trinajstić information content (AvgIpc) is 3.44. The summed E-state index contributed by atoms with van der Waals surface area (Å²) in [5.74, 6) is 0. The molecule has 0 fully saturated rings. The Morgan fingerprint density at radius 1 is 0.417 bits per heavy atom. The summed E-state index contributed by atoms with van der Waals surface area (Å²) in [4.78, 5) is 5.26. The van der Waals surface area contributed by atoms with Crippen molar-refractivity contribution in [1.29, 1.82) is 0 Å². The Kier molecular flexibility index (Phi) is 8.39. The third-order valence-corrected chi connectivity index (χ3v) is 13.7. The molecule has 3 heteroatoms. The first-order valence-corrected chi connectivity index (χ1v) is 21.9. The molecule has 0 unspecified atom stereocenters. The van der Waals surface area contributed by atoms with E-state index in [9.17, 15) is 0 Å². The molecule has 60 heavy (non-hydrogen) atoms. The number of hydrogen-bond acceptors (Lipinski definition) is 2. The van der Waals surface area contributed by atoms with E-state index in [1.54, 1.807) is 0 Å². The predicted molar refractivity (Wildman–Crippen MR) is 259 cm³/mol. The lowest BCUT2D eigenvalue weighted by Gasteiger charge is -2.46. The quantitative estimate of drug-likeness (QED) is 0.165. The Bertz CT molecular complexity index is 2830. The first kappa shape index (κ1) is 38.4. The van der Waals surface area contributed by atoms with Gasteiger partial charge in [-0.1, -0.05) is 167 Å². The summed E-state index contributed by atoms with van der Waals surface area (Å²) in [6.07, 6.45) is 0. The highest BCUT2D eigenvalue weighted by Crippen LogP contribution is 2.55. The van der Waals surface area contributed by atoms with Crippen LogP contribution in [0.5, 0.6) is 0 Å². The molecule has 2 nitrogen and oxygen atoms in total. The van der Waals surface area contributed by atoms with Crippen molar-refractivity contribution >= 4 is 46.2 Å². The Balaban J connectivity index is 1.34. The van der Waals surface area contributed by atoms with Crippen molar-refractivity contribution in [2.24, 2.45) is 0 Å². The zero-order valence-electron chi connectivity index (χ0n) is 37.3. The fraction of sp³-hybridized carbons (Fsp3) is 0.263. The minimum Gasteiger partial charge on any atom is -0.376 e. The van der Waals surface area contributed by atoms with Gasteiger partial charge >= 0.3 is 6.85 Å². The van der Waals surface area contributed by atoms with Crippen LogP contribution >= 0.6 is 0 Å². The fourth-order valence-corrected chi connectivity index (χ4v) is 10.2. The summed E-state index contributed by atoms with van der Waals surface area (Å²) in [5, 5.41) is 0. The summed E-state index contributed by atoms with van der Waals surface area (Å²) < 4.78 is 0. The van der Waals surface area contributed by atoms with Gasteiger partial charge in [0, 0.05) is 39.4 Å². The van der Waals surface area contributed by atoms with E-state index >= 15 is 0 Å². The van der Waals surface area contributed by atoms with Gasteiger partial charge in [-0.15, -0.1) is 0 Å². The zero-order valence-corrected chi connectivity index (χ0v) is 37.3. The van der Waals surface area contributed by atoms with E-state index in [-0.39, 0.29) is 28.5 Å². The topological polar surface area (TPSA) is 6.48 Å². The van der Waals surface area contributed by atoms with E-state index in [4.69, 9.17) is 0 Å². The Morgan fingerprint density at radius 2 is 1.00 bits per heavy atom. The summed E-state index contributed by atoms with van der Waals surface area (Å²) in [7, 11) is 0. The van der Waals surface area contributed by atoms with Gasteiger partial charge in [-0.3, -0.25) is 0 Å². The third kappa shape index (κ3) is 5.91. The number of rotatable bonds is 3. The van der Waals surface area contributed by atoms with Crippen LogP contribution in [0.4, 0.5) is 28.4 Å². The van der Waals surface area contributed by atoms with Crippen LogP contribution in [0.25, 0.3) is 33.4 Å². The first-order chi connectivity index (χ1) is 28.4. The summed E-state index contributed by atoms with van der Waals surface area (Å²) in [6, 6.07) is 56.2. The van der Waals surface area contributed by atoms with Gasteiger partial charge in [0.2, 0.25) is 0 Å². The lowest BCUT2D eigenvalue weighted by molar-refractivity contribution is 0.590. The predicted octanol–water partition coefficient (Wildman–Crippen LogP) is 14.3.